The summed E-state index contributed by atoms with van der Waals surface area (Å²) in [4.78, 5) is 28.8. The van der Waals surface area contributed by atoms with E-state index in [1.807, 2.05) is 29.6 Å². The van der Waals surface area contributed by atoms with Gasteiger partial charge in [-0.15, -0.1) is 11.3 Å². The molecular formula is C26H20BrNO6S. The fraction of sp³-hybridized carbons (Fsp3) is 0.154. The van der Waals surface area contributed by atoms with Crippen molar-refractivity contribution in [3.63, 3.8) is 0 Å². The first kappa shape index (κ1) is 23.2. The number of Topliss-reactive ketones (excluding diaryl/α,β-unsaturated/α-hetero) is 1. The van der Waals surface area contributed by atoms with Crippen molar-refractivity contribution >= 4 is 49.9 Å². The van der Waals surface area contributed by atoms with Gasteiger partial charge in [-0.1, -0.05) is 22.0 Å². The summed E-state index contributed by atoms with van der Waals surface area (Å²) in [7, 11) is 1.59. The van der Waals surface area contributed by atoms with Gasteiger partial charge in [0.2, 0.25) is 5.78 Å². The number of hydrogen-bond donors (Lipinski definition) is 1. The van der Waals surface area contributed by atoms with Crippen LogP contribution in [0.25, 0.3) is 11.0 Å². The van der Waals surface area contributed by atoms with Crippen molar-refractivity contribution in [2.75, 3.05) is 20.3 Å². The van der Waals surface area contributed by atoms with Crippen molar-refractivity contribution in [1.29, 1.82) is 0 Å². The zero-order valence-electron chi connectivity index (χ0n) is 18.6. The van der Waals surface area contributed by atoms with E-state index < -0.39 is 23.5 Å². The fourth-order valence-corrected chi connectivity index (χ4v) is 5.28. The Morgan fingerprint density at radius 2 is 1.91 bits per heavy atom. The minimum atomic E-state index is -0.741. The van der Waals surface area contributed by atoms with Gasteiger partial charge in [-0.2, -0.15) is 0 Å². The topological polar surface area (TPSA) is 89.2 Å². The summed E-state index contributed by atoms with van der Waals surface area (Å²) in [6.45, 7) is 0.342. The molecule has 178 valence electrons. The summed E-state index contributed by atoms with van der Waals surface area (Å²) >= 11 is 4.81. The van der Waals surface area contributed by atoms with E-state index in [2.05, 4.69) is 15.9 Å². The van der Waals surface area contributed by atoms with E-state index in [1.54, 1.807) is 43.5 Å². The largest absolute Gasteiger partial charge is 0.503 e. The number of rotatable bonds is 8. The Bertz CT molecular complexity index is 1420. The van der Waals surface area contributed by atoms with Crippen LogP contribution in [0.1, 0.15) is 21.5 Å². The number of benzene rings is 2. The van der Waals surface area contributed by atoms with Crippen LogP contribution in [0.2, 0.25) is 0 Å². The van der Waals surface area contributed by atoms with Gasteiger partial charge in [-0.3, -0.25) is 9.59 Å². The number of thiophene rings is 1. The fourth-order valence-electron chi connectivity index (χ4n) is 4.05. The molecule has 4 aromatic rings. The first-order valence-electron chi connectivity index (χ1n) is 10.7. The zero-order chi connectivity index (χ0) is 24.5. The minimum Gasteiger partial charge on any atom is -0.503 e. The molecule has 35 heavy (non-hydrogen) atoms. The molecule has 2 aromatic carbocycles. The highest BCUT2D eigenvalue weighted by atomic mass is 79.9. The Morgan fingerprint density at radius 1 is 1.14 bits per heavy atom. The number of amides is 1. The van der Waals surface area contributed by atoms with Gasteiger partial charge in [0.05, 0.1) is 25.3 Å². The molecule has 1 atom stereocenters. The molecule has 0 fully saturated rings. The number of nitrogens with zero attached hydrogens (tertiary/aromatic N) is 1. The molecule has 1 aliphatic rings. The van der Waals surface area contributed by atoms with Gasteiger partial charge in [-0.25, -0.2) is 0 Å². The molecular weight excluding hydrogens is 534 g/mol. The predicted octanol–water partition coefficient (Wildman–Crippen LogP) is 5.92. The maximum absolute atomic E-state index is 13.5. The number of aliphatic hydroxyl groups is 1. The van der Waals surface area contributed by atoms with Gasteiger partial charge in [0.1, 0.15) is 23.7 Å². The molecule has 0 saturated carbocycles. The standard InChI is InChI=1S/C26H20BrNO6S/c1-32-17-5-7-18(8-6-17)33-11-10-28-23(21-3-2-12-35-21)22(25(30)26(28)31)24(29)20-14-15-13-16(27)4-9-19(15)34-20/h2-9,12-14,23,30H,10-11H2,1H3. The number of carbonyl (C=O) groups excluding carboxylic acids is 2. The van der Waals surface area contributed by atoms with Crippen LogP contribution in [-0.4, -0.2) is 42.0 Å². The predicted molar refractivity (Wildman–Crippen MR) is 135 cm³/mol. The second kappa shape index (κ2) is 9.59. The van der Waals surface area contributed by atoms with Gasteiger partial charge >= 0.3 is 0 Å². The van der Waals surface area contributed by atoms with E-state index in [-0.39, 0.29) is 24.5 Å². The smallest absolute Gasteiger partial charge is 0.290 e. The van der Waals surface area contributed by atoms with E-state index in [4.69, 9.17) is 13.9 Å². The number of aliphatic hydroxyl groups excluding tert-OH is 1. The average Bonchev–Trinajstić information content (AvgIpc) is 3.59. The molecule has 1 amide bonds. The van der Waals surface area contributed by atoms with Crippen LogP contribution in [-0.2, 0) is 4.79 Å². The Labute approximate surface area is 213 Å². The van der Waals surface area contributed by atoms with E-state index in [1.165, 1.54) is 16.2 Å². The number of methoxy groups -OCH3 is 1. The first-order valence-corrected chi connectivity index (χ1v) is 12.4. The second-order valence-electron chi connectivity index (χ2n) is 7.82. The first-order chi connectivity index (χ1) is 17.0. The highest BCUT2D eigenvalue weighted by molar-refractivity contribution is 9.10. The third kappa shape index (κ3) is 4.44. The Morgan fingerprint density at radius 3 is 2.63 bits per heavy atom. The van der Waals surface area contributed by atoms with Gasteiger partial charge in [0, 0.05) is 14.7 Å². The molecule has 1 aliphatic heterocycles. The number of ketones is 1. The third-order valence-electron chi connectivity index (χ3n) is 5.72. The molecule has 1 N–H and O–H groups in total. The Balaban J connectivity index is 1.41. The third-order valence-corrected chi connectivity index (χ3v) is 7.14. The molecule has 7 nitrogen and oxygen atoms in total. The molecule has 3 heterocycles. The summed E-state index contributed by atoms with van der Waals surface area (Å²) in [6.07, 6.45) is 0. The van der Waals surface area contributed by atoms with Crippen molar-refractivity contribution < 1.29 is 28.6 Å². The van der Waals surface area contributed by atoms with Crippen LogP contribution in [0.3, 0.4) is 0 Å². The van der Waals surface area contributed by atoms with Crippen LogP contribution < -0.4 is 9.47 Å². The Kier molecular flexibility index (Phi) is 6.36. The summed E-state index contributed by atoms with van der Waals surface area (Å²) in [5.74, 6) is -0.332. The highest BCUT2D eigenvalue weighted by Gasteiger charge is 2.44. The lowest BCUT2D eigenvalue weighted by Gasteiger charge is -2.25. The lowest BCUT2D eigenvalue weighted by molar-refractivity contribution is -0.129. The van der Waals surface area contributed by atoms with Gasteiger partial charge in [0.25, 0.3) is 5.91 Å². The summed E-state index contributed by atoms with van der Waals surface area (Å²) in [5.41, 5.74) is 0.540. The minimum absolute atomic E-state index is 0.0000179. The maximum Gasteiger partial charge on any atom is 0.290 e. The van der Waals surface area contributed by atoms with Gasteiger partial charge in [-0.05, 0) is 60.0 Å². The number of furan rings is 1. The van der Waals surface area contributed by atoms with E-state index in [0.29, 0.717) is 17.1 Å². The van der Waals surface area contributed by atoms with E-state index >= 15 is 0 Å². The summed E-state index contributed by atoms with van der Waals surface area (Å²) < 4.78 is 17.6. The molecule has 1 unspecified atom stereocenters. The van der Waals surface area contributed by atoms with E-state index in [0.717, 1.165) is 14.7 Å². The van der Waals surface area contributed by atoms with Crippen molar-refractivity contribution in [2.45, 2.75) is 6.04 Å². The lowest BCUT2D eigenvalue weighted by Crippen LogP contribution is -2.34. The second-order valence-corrected chi connectivity index (χ2v) is 9.72. The van der Waals surface area contributed by atoms with Crippen molar-refractivity contribution in [3.8, 4) is 11.5 Å². The molecule has 0 bridgehead atoms. The normalized spacial score (nSPS) is 15.8. The summed E-state index contributed by atoms with van der Waals surface area (Å²) in [6, 6.07) is 17.1. The lowest BCUT2D eigenvalue weighted by atomic mass is 10.0. The summed E-state index contributed by atoms with van der Waals surface area (Å²) in [5, 5.41) is 13.4. The Hall–Kier alpha value is -3.56. The van der Waals surface area contributed by atoms with Crippen LogP contribution in [0.4, 0.5) is 0 Å². The zero-order valence-corrected chi connectivity index (χ0v) is 21.0. The number of ether oxygens (including phenoxy) is 2. The molecule has 0 spiro atoms. The van der Waals surface area contributed by atoms with Crippen LogP contribution >= 0.6 is 27.3 Å². The highest BCUT2D eigenvalue weighted by Crippen LogP contribution is 2.41. The number of fused-ring (bicyclic) bond motifs is 1. The van der Waals surface area contributed by atoms with Crippen molar-refractivity contribution in [2.24, 2.45) is 0 Å². The quantitative estimate of drug-likeness (QED) is 0.272. The molecule has 5 rings (SSSR count). The molecule has 0 radical (unpaired) electrons. The molecule has 0 saturated heterocycles. The van der Waals surface area contributed by atoms with Gasteiger partial charge < -0.3 is 23.9 Å². The molecule has 0 aliphatic carbocycles. The van der Waals surface area contributed by atoms with E-state index in [9.17, 15) is 14.7 Å². The number of carbonyl (C=O) groups is 2. The molecule has 2 aromatic heterocycles. The number of hydrogen-bond acceptors (Lipinski definition) is 7. The van der Waals surface area contributed by atoms with Crippen molar-refractivity contribution in [3.05, 3.63) is 92.5 Å². The average molecular weight is 554 g/mol. The van der Waals surface area contributed by atoms with Crippen LogP contribution in [0.5, 0.6) is 11.5 Å². The SMILES string of the molecule is COc1ccc(OCCN2C(=O)C(O)=C(C(=O)c3cc4cc(Br)ccc4o3)C2c2cccs2)cc1. The monoisotopic (exact) mass is 553 g/mol. The van der Waals surface area contributed by atoms with Crippen LogP contribution in [0, 0.1) is 0 Å². The molecule has 9 heteroatoms. The number of halogens is 1. The maximum atomic E-state index is 13.5. The van der Waals surface area contributed by atoms with Gasteiger partial charge in [0.15, 0.2) is 11.5 Å². The van der Waals surface area contributed by atoms with Crippen LogP contribution in [0.15, 0.2) is 86.3 Å². The van der Waals surface area contributed by atoms with Crippen molar-refractivity contribution in [1.82, 2.24) is 4.90 Å².